The highest BCUT2D eigenvalue weighted by atomic mass is 16.4. The maximum absolute atomic E-state index is 5.89. The lowest BCUT2D eigenvalue weighted by Gasteiger charge is -2.13. The summed E-state index contributed by atoms with van der Waals surface area (Å²) in [6, 6.07) is 16.6. The monoisotopic (exact) mass is 267 g/mol. The highest BCUT2D eigenvalue weighted by molar-refractivity contribution is 5.86. The van der Waals surface area contributed by atoms with E-state index in [9.17, 15) is 0 Å². The van der Waals surface area contributed by atoms with Crippen molar-refractivity contribution >= 4 is 22.8 Å². The minimum absolute atomic E-state index is 0.605. The normalized spacial score (nSPS) is 10.8. The van der Waals surface area contributed by atoms with Crippen molar-refractivity contribution in [1.82, 2.24) is 4.98 Å². The Kier molecular flexibility index (Phi) is 3.29. The molecule has 0 fully saturated rings. The fourth-order valence-corrected chi connectivity index (χ4v) is 2.16. The Labute approximate surface area is 117 Å². The summed E-state index contributed by atoms with van der Waals surface area (Å²) >= 11 is 0. The van der Waals surface area contributed by atoms with E-state index in [0.717, 1.165) is 24.1 Å². The van der Waals surface area contributed by atoms with E-state index in [1.807, 2.05) is 36.2 Å². The van der Waals surface area contributed by atoms with Crippen LogP contribution in [0.5, 0.6) is 0 Å². The van der Waals surface area contributed by atoms with Crippen molar-refractivity contribution in [2.24, 2.45) is 0 Å². The maximum atomic E-state index is 5.89. The smallest absolute Gasteiger partial charge is 0.298 e. The van der Waals surface area contributed by atoms with Gasteiger partial charge in [-0.3, -0.25) is 0 Å². The summed E-state index contributed by atoms with van der Waals surface area (Å²) in [5.41, 5.74) is 9.30. The lowest BCUT2D eigenvalue weighted by atomic mass is 10.1. The fourth-order valence-electron chi connectivity index (χ4n) is 2.16. The second-order valence-electron chi connectivity index (χ2n) is 4.85. The Morgan fingerprint density at radius 1 is 1.10 bits per heavy atom. The largest absolute Gasteiger partial charge is 0.423 e. The maximum Gasteiger partial charge on any atom is 0.298 e. The fraction of sp³-hybridized carbons (Fsp3) is 0.188. The van der Waals surface area contributed by atoms with Crippen LogP contribution >= 0.6 is 0 Å². The van der Waals surface area contributed by atoms with Crippen LogP contribution in [0.4, 0.5) is 11.7 Å². The average Bonchev–Trinajstić information content (AvgIpc) is 2.91. The number of fused-ring (bicyclic) bond motifs is 1. The molecule has 0 bridgehead atoms. The Balaban J connectivity index is 1.75. The second-order valence-corrected chi connectivity index (χ2v) is 4.85. The Morgan fingerprint density at radius 3 is 2.65 bits per heavy atom. The number of para-hydroxylation sites is 1. The molecule has 102 valence electrons. The van der Waals surface area contributed by atoms with Gasteiger partial charge in [0.25, 0.3) is 6.01 Å². The molecular formula is C16H17N3O. The zero-order chi connectivity index (χ0) is 13.9. The first-order valence-electron chi connectivity index (χ1n) is 6.64. The Hall–Kier alpha value is -2.49. The van der Waals surface area contributed by atoms with Crippen LogP contribution in [-0.4, -0.2) is 18.6 Å². The molecule has 1 heterocycles. The van der Waals surface area contributed by atoms with Crippen molar-refractivity contribution in [2.75, 3.05) is 24.2 Å². The molecular weight excluding hydrogens is 250 g/mol. The second kappa shape index (κ2) is 5.25. The molecule has 0 aliphatic carbocycles. The summed E-state index contributed by atoms with van der Waals surface area (Å²) in [7, 11) is 1.98. The summed E-state index contributed by atoms with van der Waals surface area (Å²) < 4.78 is 5.73. The van der Waals surface area contributed by atoms with E-state index in [2.05, 4.69) is 29.2 Å². The number of hydrogen-bond donors (Lipinski definition) is 1. The zero-order valence-electron chi connectivity index (χ0n) is 11.4. The third kappa shape index (κ3) is 2.45. The van der Waals surface area contributed by atoms with Gasteiger partial charge in [0.05, 0.1) is 5.69 Å². The van der Waals surface area contributed by atoms with Crippen molar-refractivity contribution < 1.29 is 4.42 Å². The van der Waals surface area contributed by atoms with Crippen molar-refractivity contribution in [1.29, 1.82) is 0 Å². The first kappa shape index (κ1) is 12.5. The molecule has 0 saturated carbocycles. The summed E-state index contributed by atoms with van der Waals surface area (Å²) in [6.45, 7) is 0.844. The summed E-state index contributed by atoms with van der Waals surface area (Å²) in [4.78, 5) is 6.47. The molecule has 3 aromatic rings. The molecule has 2 N–H and O–H groups in total. The number of nitrogens with zero attached hydrogens (tertiary/aromatic N) is 2. The quantitative estimate of drug-likeness (QED) is 0.738. The first-order chi connectivity index (χ1) is 9.74. The number of oxazole rings is 1. The number of benzene rings is 2. The van der Waals surface area contributed by atoms with Crippen molar-refractivity contribution in [3.8, 4) is 0 Å². The van der Waals surface area contributed by atoms with Gasteiger partial charge < -0.3 is 15.1 Å². The van der Waals surface area contributed by atoms with Gasteiger partial charge in [-0.2, -0.15) is 4.98 Å². The third-order valence-electron chi connectivity index (χ3n) is 3.34. The SMILES string of the molecule is CN(CCc1ccccc1)c1nc2c(N)cccc2o1. The number of aromatic nitrogens is 1. The van der Waals surface area contributed by atoms with Crippen molar-refractivity contribution in [3.05, 3.63) is 54.1 Å². The van der Waals surface area contributed by atoms with Crippen LogP contribution in [0, 0.1) is 0 Å². The number of likely N-dealkylation sites (N-methyl/N-ethyl adjacent to an activating group) is 1. The van der Waals surface area contributed by atoms with Gasteiger partial charge in [0.1, 0.15) is 5.52 Å². The zero-order valence-corrected chi connectivity index (χ0v) is 11.4. The van der Waals surface area contributed by atoms with E-state index < -0.39 is 0 Å². The van der Waals surface area contributed by atoms with Gasteiger partial charge in [0.15, 0.2) is 5.58 Å². The standard InChI is InChI=1S/C16H17N3O/c1-19(11-10-12-6-3-2-4-7-12)16-18-15-13(17)8-5-9-14(15)20-16/h2-9H,10-11,17H2,1H3. The van der Waals surface area contributed by atoms with Crippen LogP contribution < -0.4 is 10.6 Å². The molecule has 0 aliphatic rings. The van der Waals surface area contributed by atoms with Gasteiger partial charge in [-0.15, -0.1) is 0 Å². The van der Waals surface area contributed by atoms with Gasteiger partial charge in [-0.25, -0.2) is 0 Å². The number of hydrogen-bond acceptors (Lipinski definition) is 4. The van der Waals surface area contributed by atoms with E-state index in [0.29, 0.717) is 11.7 Å². The summed E-state index contributed by atoms with van der Waals surface area (Å²) in [5.74, 6) is 0. The van der Waals surface area contributed by atoms with E-state index in [-0.39, 0.29) is 0 Å². The Morgan fingerprint density at radius 2 is 1.90 bits per heavy atom. The molecule has 0 aliphatic heterocycles. The molecule has 0 amide bonds. The minimum atomic E-state index is 0.605. The van der Waals surface area contributed by atoms with E-state index in [1.165, 1.54) is 5.56 Å². The van der Waals surface area contributed by atoms with Crippen LogP contribution in [0.15, 0.2) is 52.9 Å². The molecule has 0 radical (unpaired) electrons. The summed E-state index contributed by atoms with van der Waals surface area (Å²) in [6.07, 6.45) is 0.950. The molecule has 0 unspecified atom stereocenters. The lowest BCUT2D eigenvalue weighted by Crippen LogP contribution is -2.20. The minimum Gasteiger partial charge on any atom is -0.423 e. The molecule has 0 saturated heterocycles. The van der Waals surface area contributed by atoms with Gasteiger partial charge in [0.2, 0.25) is 0 Å². The molecule has 20 heavy (non-hydrogen) atoms. The van der Waals surface area contributed by atoms with Crippen molar-refractivity contribution in [2.45, 2.75) is 6.42 Å². The number of rotatable bonds is 4. The van der Waals surface area contributed by atoms with Gasteiger partial charge in [-0.05, 0) is 24.1 Å². The lowest BCUT2D eigenvalue weighted by molar-refractivity contribution is 0.583. The molecule has 0 spiro atoms. The van der Waals surface area contributed by atoms with Crippen LogP contribution in [0.2, 0.25) is 0 Å². The van der Waals surface area contributed by atoms with Crippen LogP contribution in [0.1, 0.15) is 5.56 Å². The van der Waals surface area contributed by atoms with E-state index >= 15 is 0 Å². The highest BCUT2D eigenvalue weighted by Gasteiger charge is 2.11. The van der Waals surface area contributed by atoms with Crippen LogP contribution in [-0.2, 0) is 6.42 Å². The number of anilines is 2. The molecule has 3 rings (SSSR count). The predicted molar refractivity (Wildman–Crippen MR) is 81.8 cm³/mol. The number of nitrogen functional groups attached to an aromatic ring is 1. The van der Waals surface area contributed by atoms with Crippen molar-refractivity contribution in [3.63, 3.8) is 0 Å². The molecule has 4 heteroatoms. The number of nitrogens with two attached hydrogens (primary N) is 1. The molecule has 1 aromatic heterocycles. The van der Waals surface area contributed by atoms with Crippen LogP contribution in [0.3, 0.4) is 0 Å². The van der Waals surface area contributed by atoms with Gasteiger partial charge >= 0.3 is 0 Å². The molecule has 2 aromatic carbocycles. The predicted octanol–water partition coefficient (Wildman–Crippen LogP) is 3.09. The topological polar surface area (TPSA) is 55.3 Å². The molecule has 0 atom stereocenters. The highest BCUT2D eigenvalue weighted by Crippen LogP contribution is 2.25. The van der Waals surface area contributed by atoms with E-state index in [1.54, 1.807) is 0 Å². The molecule has 4 nitrogen and oxygen atoms in total. The average molecular weight is 267 g/mol. The van der Waals surface area contributed by atoms with Gasteiger partial charge in [-0.1, -0.05) is 36.4 Å². The van der Waals surface area contributed by atoms with E-state index in [4.69, 9.17) is 10.2 Å². The third-order valence-corrected chi connectivity index (χ3v) is 3.34. The first-order valence-corrected chi connectivity index (χ1v) is 6.64. The van der Waals surface area contributed by atoms with Gasteiger partial charge in [0, 0.05) is 13.6 Å². The summed E-state index contributed by atoms with van der Waals surface area (Å²) in [5, 5.41) is 0. The Bertz CT molecular complexity index is 706. The van der Waals surface area contributed by atoms with Crippen LogP contribution in [0.25, 0.3) is 11.1 Å².